The molecule has 4 rings (SSSR count). The number of hydrogen-bond acceptors (Lipinski definition) is 2. The first kappa shape index (κ1) is 15.3. The molecule has 2 aliphatic rings. The minimum Gasteiger partial charge on any atom is -0.481 e. The molecule has 0 saturated heterocycles. The highest BCUT2D eigenvalue weighted by Gasteiger charge is 2.69. The van der Waals surface area contributed by atoms with Gasteiger partial charge in [-0.1, -0.05) is 19.1 Å². The normalized spacial score (nSPS) is 28.6. The first-order valence-electron chi connectivity index (χ1n) is 8.52. The number of nitrogens with zero attached hydrogens (tertiary/aromatic N) is 1. The predicted molar refractivity (Wildman–Crippen MR) is 88.5 cm³/mol. The zero-order valence-corrected chi connectivity index (χ0v) is 13.6. The number of hydrogen-bond donors (Lipinski definition) is 1. The molecule has 1 aromatic heterocycles. The summed E-state index contributed by atoms with van der Waals surface area (Å²) in [7, 11) is 0. The van der Waals surface area contributed by atoms with Crippen LogP contribution in [0.15, 0.2) is 42.6 Å². The van der Waals surface area contributed by atoms with E-state index < -0.39 is 11.4 Å². The lowest BCUT2D eigenvalue weighted by atomic mass is 9.94. The van der Waals surface area contributed by atoms with E-state index in [1.54, 1.807) is 18.3 Å². The molecule has 2 saturated carbocycles. The Hall–Kier alpha value is -2.23. The van der Waals surface area contributed by atoms with Gasteiger partial charge in [-0.25, -0.2) is 4.39 Å². The zero-order valence-electron chi connectivity index (χ0n) is 13.6. The van der Waals surface area contributed by atoms with Gasteiger partial charge in [0.1, 0.15) is 5.82 Å². The second kappa shape index (κ2) is 5.40. The minimum atomic E-state index is -0.806. The minimum absolute atomic E-state index is 0.0778. The molecule has 1 heterocycles. The third-order valence-corrected chi connectivity index (χ3v) is 5.71. The molecule has 24 heavy (non-hydrogen) atoms. The fourth-order valence-corrected chi connectivity index (χ4v) is 4.21. The molecular formula is C20H20FNO2. The quantitative estimate of drug-likeness (QED) is 0.883. The Morgan fingerprint density at radius 1 is 1.21 bits per heavy atom. The molecule has 0 spiro atoms. The molecule has 3 nitrogen and oxygen atoms in total. The molecule has 1 aromatic carbocycles. The van der Waals surface area contributed by atoms with E-state index in [4.69, 9.17) is 0 Å². The van der Waals surface area contributed by atoms with Gasteiger partial charge in [-0.05, 0) is 54.7 Å². The Balaban J connectivity index is 1.75. The van der Waals surface area contributed by atoms with Gasteiger partial charge < -0.3 is 5.11 Å². The lowest BCUT2D eigenvalue weighted by Gasteiger charge is -2.10. The summed E-state index contributed by atoms with van der Waals surface area (Å²) >= 11 is 0. The van der Waals surface area contributed by atoms with Crippen LogP contribution in [0.4, 0.5) is 4.39 Å². The molecule has 3 atom stereocenters. The van der Waals surface area contributed by atoms with Gasteiger partial charge in [0, 0.05) is 29.6 Å². The van der Waals surface area contributed by atoms with Crippen molar-refractivity contribution >= 4 is 5.97 Å². The summed E-state index contributed by atoms with van der Waals surface area (Å²) < 4.78 is 13.2. The summed E-state index contributed by atoms with van der Waals surface area (Å²) in [6.07, 6.45) is 4.68. The molecule has 0 bridgehead atoms. The van der Waals surface area contributed by atoms with Crippen molar-refractivity contribution in [2.45, 2.75) is 43.9 Å². The Morgan fingerprint density at radius 2 is 1.88 bits per heavy atom. The maximum absolute atomic E-state index is 13.2. The Bertz CT molecular complexity index is 784. The molecule has 4 heteroatoms. The number of halogens is 1. The highest BCUT2D eigenvalue weighted by molar-refractivity contribution is 5.84. The van der Waals surface area contributed by atoms with Crippen molar-refractivity contribution in [2.24, 2.45) is 5.41 Å². The number of carboxylic acid groups (broad SMARTS) is 1. The Labute approximate surface area is 140 Å². The molecule has 0 radical (unpaired) electrons. The molecule has 2 fully saturated rings. The van der Waals surface area contributed by atoms with Crippen LogP contribution in [-0.2, 0) is 4.79 Å². The fourth-order valence-electron chi connectivity index (χ4n) is 4.21. The zero-order chi connectivity index (χ0) is 16.9. The SMILES string of the molecule is CC[C@@]1(C(=O)O)[C@@H](c2ccc(F)cc2)[C@@H]1c1ccnc(C2CC2)c1. The lowest BCUT2D eigenvalue weighted by molar-refractivity contribution is -0.143. The molecule has 124 valence electrons. The number of aromatic nitrogens is 1. The van der Waals surface area contributed by atoms with Gasteiger partial charge in [-0.15, -0.1) is 0 Å². The fraction of sp³-hybridized carbons (Fsp3) is 0.400. The Kier molecular flexibility index (Phi) is 3.44. The average molecular weight is 325 g/mol. The van der Waals surface area contributed by atoms with Crippen LogP contribution >= 0.6 is 0 Å². The van der Waals surface area contributed by atoms with Gasteiger partial charge in [0.2, 0.25) is 0 Å². The summed E-state index contributed by atoms with van der Waals surface area (Å²) in [6, 6.07) is 10.3. The molecule has 1 N–H and O–H groups in total. The number of benzene rings is 1. The van der Waals surface area contributed by atoms with Gasteiger partial charge >= 0.3 is 5.97 Å². The number of rotatable bonds is 5. The monoisotopic (exact) mass is 325 g/mol. The second-order valence-corrected chi connectivity index (χ2v) is 6.99. The predicted octanol–water partition coefficient (Wildman–Crippen LogP) is 4.46. The smallest absolute Gasteiger partial charge is 0.310 e. The van der Waals surface area contributed by atoms with Crippen LogP contribution in [0.2, 0.25) is 0 Å². The summed E-state index contributed by atoms with van der Waals surface area (Å²) in [5, 5.41) is 9.92. The second-order valence-electron chi connectivity index (χ2n) is 6.99. The van der Waals surface area contributed by atoms with Crippen molar-refractivity contribution in [2.75, 3.05) is 0 Å². The van der Waals surface area contributed by atoms with Crippen LogP contribution < -0.4 is 0 Å². The summed E-state index contributed by atoms with van der Waals surface area (Å²) in [6.45, 7) is 1.92. The van der Waals surface area contributed by atoms with Crippen molar-refractivity contribution < 1.29 is 14.3 Å². The van der Waals surface area contributed by atoms with Gasteiger partial charge in [-0.3, -0.25) is 9.78 Å². The van der Waals surface area contributed by atoms with E-state index in [0.717, 1.165) is 16.8 Å². The van der Waals surface area contributed by atoms with E-state index in [9.17, 15) is 14.3 Å². The summed E-state index contributed by atoms with van der Waals surface area (Å²) in [5.41, 5.74) is 2.22. The van der Waals surface area contributed by atoms with Crippen LogP contribution in [0.3, 0.4) is 0 Å². The third kappa shape index (κ3) is 2.24. The first-order chi connectivity index (χ1) is 11.6. The van der Waals surface area contributed by atoms with E-state index in [1.807, 2.05) is 13.0 Å². The molecule has 0 unspecified atom stereocenters. The van der Waals surface area contributed by atoms with Crippen LogP contribution in [0.5, 0.6) is 0 Å². The van der Waals surface area contributed by atoms with Crippen molar-refractivity contribution in [1.82, 2.24) is 4.98 Å². The van der Waals surface area contributed by atoms with Crippen LogP contribution in [0.1, 0.15) is 60.8 Å². The largest absolute Gasteiger partial charge is 0.481 e. The van der Waals surface area contributed by atoms with Crippen molar-refractivity contribution in [1.29, 1.82) is 0 Å². The molecule has 2 aliphatic carbocycles. The number of carboxylic acids is 1. The van der Waals surface area contributed by atoms with Crippen molar-refractivity contribution in [3.63, 3.8) is 0 Å². The van der Waals surface area contributed by atoms with Gasteiger partial charge in [0.25, 0.3) is 0 Å². The highest BCUT2D eigenvalue weighted by atomic mass is 19.1. The topological polar surface area (TPSA) is 50.2 Å². The van der Waals surface area contributed by atoms with Crippen LogP contribution in [0, 0.1) is 11.2 Å². The van der Waals surface area contributed by atoms with Gasteiger partial charge in [0.15, 0.2) is 0 Å². The number of pyridine rings is 1. The van der Waals surface area contributed by atoms with E-state index in [0.29, 0.717) is 12.3 Å². The average Bonchev–Trinajstić information content (AvgIpc) is 3.48. The summed E-state index contributed by atoms with van der Waals surface area (Å²) in [5.74, 6) is -0.725. The number of carbonyl (C=O) groups is 1. The van der Waals surface area contributed by atoms with Crippen molar-refractivity contribution in [3.8, 4) is 0 Å². The molecule has 0 amide bonds. The maximum atomic E-state index is 13.2. The maximum Gasteiger partial charge on any atom is 0.310 e. The van der Waals surface area contributed by atoms with Crippen LogP contribution in [0.25, 0.3) is 0 Å². The lowest BCUT2D eigenvalue weighted by Crippen LogP contribution is -2.17. The number of aliphatic carboxylic acids is 1. The molecular weight excluding hydrogens is 305 g/mol. The van der Waals surface area contributed by atoms with E-state index in [-0.39, 0.29) is 17.7 Å². The highest BCUT2D eigenvalue weighted by Crippen LogP contribution is 2.72. The molecule has 2 aromatic rings. The van der Waals surface area contributed by atoms with E-state index >= 15 is 0 Å². The van der Waals surface area contributed by atoms with E-state index in [2.05, 4.69) is 11.1 Å². The third-order valence-electron chi connectivity index (χ3n) is 5.71. The first-order valence-corrected chi connectivity index (χ1v) is 8.52. The Morgan fingerprint density at radius 3 is 2.46 bits per heavy atom. The molecule has 0 aliphatic heterocycles. The van der Waals surface area contributed by atoms with Crippen LogP contribution in [-0.4, -0.2) is 16.1 Å². The summed E-state index contributed by atoms with van der Waals surface area (Å²) in [4.78, 5) is 16.5. The van der Waals surface area contributed by atoms with E-state index in [1.165, 1.54) is 25.0 Å². The van der Waals surface area contributed by atoms with Gasteiger partial charge in [-0.2, -0.15) is 0 Å². The van der Waals surface area contributed by atoms with Gasteiger partial charge in [0.05, 0.1) is 5.41 Å². The standard InChI is InChI=1S/C20H20FNO2/c1-2-20(19(23)24)17(13-5-7-15(21)8-6-13)18(20)14-9-10-22-16(11-14)12-3-4-12/h5-12,17-18H,2-4H2,1H3,(H,23,24)/t17-,18-,20+/m0/s1. The van der Waals surface area contributed by atoms with Crippen molar-refractivity contribution in [3.05, 3.63) is 65.2 Å².